The van der Waals surface area contributed by atoms with Crippen LogP contribution in [0.15, 0.2) is 47.5 Å². The number of nitrogens with zero attached hydrogens (tertiary/aromatic N) is 3. The molecule has 3 rings (SSSR count). The Morgan fingerprint density at radius 2 is 1.94 bits per heavy atom. The molecule has 2 aromatic heterocycles. The molecule has 168 valence electrons. The normalized spacial score (nSPS) is 10.6. The SMILES string of the molecule is CCCCOc1ccc(-c2nnc(CCC(=O)NCc3ccncc3)c(=O)[nH]2)cc1OC. The average Bonchev–Trinajstić information content (AvgIpc) is 2.83. The van der Waals surface area contributed by atoms with Gasteiger partial charge in [-0.1, -0.05) is 13.3 Å². The van der Waals surface area contributed by atoms with Crippen molar-refractivity contribution >= 4 is 5.91 Å². The number of unbranched alkanes of at least 4 members (excludes halogenated alkanes) is 1. The minimum Gasteiger partial charge on any atom is -0.493 e. The summed E-state index contributed by atoms with van der Waals surface area (Å²) in [6.45, 7) is 3.10. The number of pyridine rings is 1. The van der Waals surface area contributed by atoms with E-state index in [2.05, 4.69) is 32.4 Å². The zero-order valence-electron chi connectivity index (χ0n) is 18.3. The molecule has 0 aliphatic carbocycles. The summed E-state index contributed by atoms with van der Waals surface area (Å²) in [6, 6.07) is 8.97. The topological polar surface area (TPSA) is 119 Å². The van der Waals surface area contributed by atoms with E-state index in [0.29, 0.717) is 36.0 Å². The summed E-state index contributed by atoms with van der Waals surface area (Å²) < 4.78 is 11.1. The van der Waals surface area contributed by atoms with Gasteiger partial charge >= 0.3 is 0 Å². The van der Waals surface area contributed by atoms with Crippen molar-refractivity contribution < 1.29 is 14.3 Å². The summed E-state index contributed by atoms with van der Waals surface area (Å²) >= 11 is 0. The minimum atomic E-state index is -0.376. The molecule has 0 radical (unpaired) electrons. The molecule has 2 heterocycles. The second kappa shape index (κ2) is 11.6. The maximum Gasteiger partial charge on any atom is 0.273 e. The van der Waals surface area contributed by atoms with Crippen LogP contribution in [0.3, 0.4) is 0 Å². The van der Waals surface area contributed by atoms with E-state index in [1.54, 1.807) is 37.7 Å². The van der Waals surface area contributed by atoms with Gasteiger partial charge in [-0.15, -0.1) is 10.2 Å². The van der Waals surface area contributed by atoms with Gasteiger partial charge in [-0.25, -0.2) is 0 Å². The molecule has 0 aliphatic rings. The predicted octanol–water partition coefficient (Wildman–Crippen LogP) is 2.66. The van der Waals surface area contributed by atoms with Gasteiger partial charge in [-0.3, -0.25) is 14.6 Å². The molecule has 0 bridgehead atoms. The highest BCUT2D eigenvalue weighted by molar-refractivity contribution is 5.76. The van der Waals surface area contributed by atoms with Crippen LogP contribution in [-0.2, 0) is 17.8 Å². The molecule has 1 aromatic carbocycles. The highest BCUT2D eigenvalue weighted by atomic mass is 16.5. The summed E-state index contributed by atoms with van der Waals surface area (Å²) in [7, 11) is 1.56. The number of aryl methyl sites for hydroxylation is 1. The first-order chi connectivity index (χ1) is 15.6. The van der Waals surface area contributed by atoms with E-state index >= 15 is 0 Å². The van der Waals surface area contributed by atoms with Crippen molar-refractivity contribution in [2.75, 3.05) is 13.7 Å². The third kappa shape index (κ3) is 6.37. The lowest BCUT2D eigenvalue weighted by atomic mass is 10.2. The fourth-order valence-corrected chi connectivity index (χ4v) is 2.94. The first-order valence-corrected chi connectivity index (χ1v) is 10.5. The predicted molar refractivity (Wildman–Crippen MR) is 119 cm³/mol. The fourth-order valence-electron chi connectivity index (χ4n) is 2.94. The Balaban J connectivity index is 1.61. The lowest BCUT2D eigenvalue weighted by Gasteiger charge is -2.11. The van der Waals surface area contributed by atoms with Crippen molar-refractivity contribution in [1.82, 2.24) is 25.5 Å². The van der Waals surface area contributed by atoms with Gasteiger partial charge < -0.3 is 19.8 Å². The van der Waals surface area contributed by atoms with Gasteiger partial charge in [-0.2, -0.15) is 0 Å². The third-order valence-electron chi connectivity index (χ3n) is 4.79. The third-order valence-corrected chi connectivity index (χ3v) is 4.79. The smallest absolute Gasteiger partial charge is 0.273 e. The van der Waals surface area contributed by atoms with Gasteiger partial charge in [0, 0.05) is 37.3 Å². The van der Waals surface area contributed by atoms with E-state index in [1.807, 2.05) is 12.1 Å². The second-order valence-corrected chi connectivity index (χ2v) is 7.15. The van der Waals surface area contributed by atoms with Crippen LogP contribution in [-0.4, -0.2) is 39.8 Å². The zero-order valence-corrected chi connectivity index (χ0v) is 18.3. The van der Waals surface area contributed by atoms with Crippen LogP contribution in [0, 0.1) is 0 Å². The molecular formula is C23H27N5O4. The van der Waals surface area contributed by atoms with Crippen LogP contribution in [0.4, 0.5) is 0 Å². The van der Waals surface area contributed by atoms with E-state index in [9.17, 15) is 9.59 Å². The van der Waals surface area contributed by atoms with Crippen molar-refractivity contribution in [1.29, 1.82) is 0 Å². The van der Waals surface area contributed by atoms with E-state index in [1.165, 1.54) is 0 Å². The van der Waals surface area contributed by atoms with Crippen molar-refractivity contribution in [3.05, 3.63) is 64.3 Å². The average molecular weight is 438 g/mol. The van der Waals surface area contributed by atoms with Crippen LogP contribution in [0.25, 0.3) is 11.4 Å². The molecule has 0 fully saturated rings. The van der Waals surface area contributed by atoms with Gasteiger partial charge in [-0.05, 0) is 42.3 Å². The van der Waals surface area contributed by atoms with Gasteiger partial charge in [0.25, 0.3) is 5.56 Å². The molecule has 0 saturated heterocycles. The Morgan fingerprint density at radius 1 is 1.12 bits per heavy atom. The summed E-state index contributed by atoms with van der Waals surface area (Å²) in [5, 5.41) is 11.0. The number of rotatable bonds is 11. The number of H-pyrrole nitrogens is 1. The summed E-state index contributed by atoms with van der Waals surface area (Å²) in [5.41, 5.74) is 1.43. The molecule has 0 atom stereocenters. The zero-order chi connectivity index (χ0) is 22.8. The first kappa shape index (κ1) is 22.9. The molecule has 0 spiro atoms. The van der Waals surface area contributed by atoms with Gasteiger partial charge in [0.2, 0.25) is 5.91 Å². The second-order valence-electron chi connectivity index (χ2n) is 7.15. The Hall–Kier alpha value is -3.75. The maximum absolute atomic E-state index is 12.4. The van der Waals surface area contributed by atoms with E-state index in [0.717, 1.165) is 18.4 Å². The molecule has 1 amide bonds. The van der Waals surface area contributed by atoms with Crippen molar-refractivity contribution in [2.24, 2.45) is 0 Å². The molecule has 9 heteroatoms. The number of hydrogen-bond acceptors (Lipinski definition) is 7. The number of aromatic amines is 1. The number of methoxy groups -OCH3 is 1. The summed E-state index contributed by atoms with van der Waals surface area (Å²) in [4.78, 5) is 31.2. The van der Waals surface area contributed by atoms with E-state index < -0.39 is 0 Å². The van der Waals surface area contributed by atoms with Crippen LogP contribution in [0.2, 0.25) is 0 Å². The lowest BCUT2D eigenvalue weighted by Crippen LogP contribution is -2.25. The first-order valence-electron chi connectivity index (χ1n) is 10.5. The largest absolute Gasteiger partial charge is 0.493 e. The van der Waals surface area contributed by atoms with Crippen LogP contribution < -0.4 is 20.3 Å². The van der Waals surface area contributed by atoms with Crippen LogP contribution in [0.1, 0.15) is 37.4 Å². The summed E-state index contributed by atoms with van der Waals surface area (Å²) in [5.74, 6) is 1.33. The Kier molecular flexibility index (Phi) is 8.30. The highest BCUT2D eigenvalue weighted by Crippen LogP contribution is 2.31. The van der Waals surface area contributed by atoms with E-state index in [4.69, 9.17) is 9.47 Å². The molecule has 9 nitrogen and oxygen atoms in total. The van der Waals surface area contributed by atoms with Crippen LogP contribution >= 0.6 is 0 Å². The molecule has 3 aromatic rings. The lowest BCUT2D eigenvalue weighted by molar-refractivity contribution is -0.121. The Labute approximate surface area is 186 Å². The maximum atomic E-state index is 12.4. The number of aromatic nitrogens is 4. The molecule has 0 saturated carbocycles. The molecule has 0 aliphatic heterocycles. The van der Waals surface area contributed by atoms with Crippen molar-refractivity contribution in [2.45, 2.75) is 39.2 Å². The minimum absolute atomic E-state index is 0.139. The Morgan fingerprint density at radius 3 is 2.66 bits per heavy atom. The number of carbonyl (C=O) groups excluding carboxylic acids is 1. The van der Waals surface area contributed by atoms with Gasteiger partial charge in [0.1, 0.15) is 5.69 Å². The molecule has 0 unspecified atom stereocenters. The van der Waals surface area contributed by atoms with Gasteiger partial charge in [0.05, 0.1) is 13.7 Å². The Bertz CT molecular complexity index is 1090. The quantitative estimate of drug-likeness (QED) is 0.443. The van der Waals surface area contributed by atoms with Gasteiger partial charge in [0.15, 0.2) is 17.3 Å². The van der Waals surface area contributed by atoms with Crippen molar-refractivity contribution in [3.63, 3.8) is 0 Å². The number of nitrogens with one attached hydrogen (secondary N) is 2. The van der Waals surface area contributed by atoms with Crippen molar-refractivity contribution in [3.8, 4) is 22.9 Å². The molecule has 2 N–H and O–H groups in total. The fraction of sp³-hybridized carbons (Fsp3) is 0.348. The molecule has 32 heavy (non-hydrogen) atoms. The van der Waals surface area contributed by atoms with E-state index in [-0.39, 0.29) is 30.0 Å². The number of benzene rings is 1. The highest BCUT2D eigenvalue weighted by Gasteiger charge is 2.12. The monoisotopic (exact) mass is 437 g/mol. The number of carbonyl (C=O) groups is 1. The number of ether oxygens (including phenoxy) is 2. The van der Waals surface area contributed by atoms with Crippen LogP contribution in [0.5, 0.6) is 11.5 Å². The summed E-state index contributed by atoms with van der Waals surface area (Å²) in [6.07, 6.45) is 5.66. The number of amides is 1. The standard InChI is InChI=1S/C23H27N5O4/c1-3-4-13-32-19-7-5-17(14-20(19)31-2)22-26-23(30)18(27-28-22)6-8-21(29)25-15-16-9-11-24-12-10-16/h5,7,9-12,14H,3-4,6,8,13,15H2,1-2H3,(H,25,29)(H,26,28,30). The number of hydrogen-bond donors (Lipinski definition) is 2. The molecular weight excluding hydrogens is 410 g/mol.